The molecule has 0 unspecified atom stereocenters. The second-order valence-electron chi connectivity index (χ2n) is 8.50. The predicted molar refractivity (Wildman–Crippen MR) is 115 cm³/mol. The van der Waals surface area contributed by atoms with Crippen molar-refractivity contribution >= 4 is 17.2 Å². The lowest BCUT2D eigenvalue weighted by Gasteiger charge is -2.35. The SMILES string of the molecule is Cc1ccc(C(=O)N2CCc3nc([C@@H]4CCCN4C4CCOCC4)[nH]c(=O)c3C2)s1. The number of likely N-dealkylation sites (tertiary alicyclic amines) is 1. The summed E-state index contributed by atoms with van der Waals surface area (Å²) in [4.78, 5) is 39.9. The Morgan fingerprint density at radius 3 is 2.83 bits per heavy atom. The standard InChI is InChI=1S/C22H28N4O3S/c1-14-4-5-19(30-14)22(28)25-10-6-17-16(13-25)21(27)24-20(23-17)18-3-2-9-26(18)15-7-11-29-12-8-15/h4-5,15,18H,2-3,6-13H2,1H3,(H,23,24,27)/t18-/m0/s1. The molecule has 7 nitrogen and oxygen atoms in total. The first kappa shape index (κ1) is 19.9. The number of nitrogens with zero attached hydrogens (tertiary/aromatic N) is 3. The van der Waals surface area contributed by atoms with Crippen LogP contribution in [0.5, 0.6) is 0 Å². The Bertz CT molecular complexity index is 995. The van der Waals surface area contributed by atoms with Crippen LogP contribution in [0.25, 0.3) is 0 Å². The van der Waals surface area contributed by atoms with Gasteiger partial charge in [0.05, 0.1) is 28.7 Å². The van der Waals surface area contributed by atoms with Gasteiger partial charge < -0.3 is 14.6 Å². The topological polar surface area (TPSA) is 78.5 Å². The number of aryl methyl sites for hydroxylation is 1. The van der Waals surface area contributed by atoms with E-state index in [9.17, 15) is 9.59 Å². The maximum absolute atomic E-state index is 13.0. The van der Waals surface area contributed by atoms with Gasteiger partial charge in [0.2, 0.25) is 0 Å². The molecule has 2 saturated heterocycles. The number of H-pyrrole nitrogens is 1. The molecule has 2 aromatic rings. The Balaban J connectivity index is 1.37. The zero-order chi connectivity index (χ0) is 20.7. The first-order chi connectivity index (χ1) is 14.6. The Morgan fingerprint density at radius 2 is 2.07 bits per heavy atom. The molecular formula is C22H28N4O3S. The van der Waals surface area contributed by atoms with Crippen LogP contribution in [0.15, 0.2) is 16.9 Å². The quantitative estimate of drug-likeness (QED) is 0.813. The number of hydrogen-bond acceptors (Lipinski definition) is 6. The number of aromatic nitrogens is 2. The third kappa shape index (κ3) is 3.72. The summed E-state index contributed by atoms with van der Waals surface area (Å²) < 4.78 is 5.52. The van der Waals surface area contributed by atoms with E-state index in [2.05, 4.69) is 9.88 Å². The van der Waals surface area contributed by atoms with E-state index in [0.29, 0.717) is 31.1 Å². The van der Waals surface area contributed by atoms with Crippen LogP contribution in [0.1, 0.15) is 63.4 Å². The van der Waals surface area contributed by atoms with E-state index in [1.165, 1.54) is 11.3 Å². The van der Waals surface area contributed by atoms with Crippen LogP contribution < -0.4 is 5.56 Å². The first-order valence-electron chi connectivity index (χ1n) is 10.9. The highest BCUT2D eigenvalue weighted by molar-refractivity contribution is 7.13. The summed E-state index contributed by atoms with van der Waals surface area (Å²) in [7, 11) is 0. The number of thiophene rings is 1. The number of nitrogens with one attached hydrogen (secondary N) is 1. The number of carbonyl (C=O) groups excluding carboxylic acids is 1. The zero-order valence-electron chi connectivity index (χ0n) is 17.4. The lowest BCUT2D eigenvalue weighted by Crippen LogP contribution is -2.42. The van der Waals surface area contributed by atoms with E-state index in [1.54, 1.807) is 4.90 Å². The molecule has 1 atom stereocenters. The maximum Gasteiger partial charge on any atom is 0.264 e. The van der Waals surface area contributed by atoms with Gasteiger partial charge in [0.1, 0.15) is 5.82 Å². The zero-order valence-corrected chi connectivity index (χ0v) is 18.2. The summed E-state index contributed by atoms with van der Waals surface area (Å²) in [5.74, 6) is 0.806. The Labute approximate surface area is 180 Å². The molecule has 5 rings (SSSR count). The van der Waals surface area contributed by atoms with E-state index >= 15 is 0 Å². The second kappa shape index (κ2) is 8.24. The lowest BCUT2D eigenvalue weighted by atomic mass is 10.0. The van der Waals surface area contributed by atoms with E-state index in [0.717, 1.165) is 66.7 Å². The molecule has 3 aliphatic rings. The van der Waals surface area contributed by atoms with E-state index < -0.39 is 0 Å². The summed E-state index contributed by atoms with van der Waals surface area (Å²) in [5, 5.41) is 0. The number of carbonyl (C=O) groups is 1. The van der Waals surface area contributed by atoms with Crippen LogP contribution in [0.2, 0.25) is 0 Å². The van der Waals surface area contributed by atoms with Crippen LogP contribution >= 0.6 is 11.3 Å². The van der Waals surface area contributed by atoms with Gasteiger partial charge in [-0.25, -0.2) is 4.98 Å². The summed E-state index contributed by atoms with van der Waals surface area (Å²) in [5.41, 5.74) is 1.41. The molecule has 0 radical (unpaired) electrons. The Morgan fingerprint density at radius 1 is 1.23 bits per heavy atom. The van der Waals surface area contributed by atoms with Gasteiger partial charge in [0.25, 0.3) is 11.5 Å². The number of ether oxygens (including phenoxy) is 1. The fourth-order valence-electron chi connectivity index (χ4n) is 5.02. The molecule has 2 aromatic heterocycles. The molecule has 1 N–H and O–H groups in total. The van der Waals surface area contributed by atoms with Crippen LogP contribution in [0, 0.1) is 6.92 Å². The average Bonchev–Trinajstić information content (AvgIpc) is 3.43. The minimum absolute atomic E-state index is 0.00344. The summed E-state index contributed by atoms with van der Waals surface area (Å²) in [6.45, 7) is 5.62. The minimum atomic E-state index is -0.0892. The van der Waals surface area contributed by atoms with Gasteiger partial charge in [-0.1, -0.05) is 0 Å². The van der Waals surface area contributed by atoms with Crippen LogP contribution in [-0.2, 0) is 17.7 Å². The molecule has 0 bridgehead atoms. The lowest BCUT2D eigenvalue weighted by molar-refractivity contribution is 0.0277. The van der Waals surface area contributed by atoms with Crippen molar-refractivity contribution in [3.05, 3.63) is 49.3 Å². The predicted octanol–water partition coefficient (Wildman–Crippen LogP) is 2.65. The number of aromatic amines is 1. The first-order valence-corrected chi connectivity index (χ1v) is 11.7. The van der Waals surface area contributed by atoms with Crippen molar-refractivity contribution in [1.29, 1.82) is 0 Å². The van der Waals surface area contributed by atoms with Crippen molar-refractivity contribution in [2.45, 2.75) is 57.7 Å². The van der Waals surface area contributed by atoms with Crippen LogP contribution in [0.3, 0.4) is 0 Å². The van der Waals surface area contributed by atoms with Gasteiger partial charge in [0, 0.05) is 37.1 Å². The van der Waals surface area contributed by atoms with Crippen molar-refractivity contribution in [2.24, 2.45) is 0 Å². The number of amides is 1. The molecule has 0 spiro atoms. The molecule has 1 amide bonds. The molecule has 160 valence electrons. The molecule has 3 aliphatic heterocycles. The van der Waals surface area contributed by atoms with Gasteiger partial charge in [-0.05, 0) is 51.3 Å². The van der Waals surface area contributed by atoms with Gasteiger partial charge in [-0.2, -0.15) is 0 Å². The monoisotopic (exact) mass is 428 g/mol. The third-order valence-corrected chi connectivity index (χ3v) is 7.58. The van der Waals surface area contributed by atoms with Crippen molar-refractivity contribution < 1.29 is 9.53 Å². The van der Waals surface area contributed by atoms with Crippen LogP contribution in [-0.4, -0.2) is 58.0 Å². The third-order valence-electron chi connectivity index (χ3n) is 6.59. The fourth-order valence-corrected chi connectivity index (χ4v) is 5.85. The van der Waals surface area contributed by atoms with Crippen molar-refractivity contribution in [3.63, 3.8) is 0 Å². The molecular weight excluding hydrogens is 400 g/mol. The second-order valence-corrected chi connectivity index (χ2v) is 9.79. The van der Waals surface area contributed by atoms with Gasteiger partial charge in [0.15, 0.2) is 0 Å². The highest BCUT2D eigenvalue weighted by atomic mass is 32.1. The molecule has 2 fully saturated rings. The van der Waals surface area contributed by atoms with Gasteiger partial charge >= 0.3 is 0 Å². The highest BCUT2D eigenvalue weighted by Gasteiger charge is 2.35. The fraction of sp³-hybridized carbons (Fsp3) is 0.591. The molecule has 0 saturated carbocycles. The molecule has 0 aliphatic carbocycles. The van der Waals surface area contributed by atoms with Gasteiger partial charge in [-0.3, -0.25) is 14.5 Å². The maximum atomic E-state index is 13.0. The van der Waals surface area contributed by atoms with Crippen molar-refractivity contribution in [3.8, 4) is 0 Å². The minimum Gasteiger partial charge on any atom is -0.381 e. The molecule has 30 heavy (non-hydrogen) atoms. The summed E-state index contributed by atoms with van der Waals surface area (Å²) >= 11 is 1.50. The smallest absolute Gasteiger partial charge is 0.264 e. The number of hydrogen-bond donors (Lipinski definition) is 1. The molecule has 8 heteroatoms. The number of fused-ring (bicyclic) bond motifs is 1. The van der Waals surface area contributed by atoms with Crippen LogP contribution in [0.4, 0.5) is 0 Å². The Kier molecular flexibility index (Phi) is 5.47. The Hall–Kier alpha value is -2.03. The largest absolute Gasteiger partial charge is 0.381 e. The normalized spacial score (nSPS) is 23.0. The van der Waals surface area contributed by atoms with E-state index in [1.807, 2.05) is 19.1 Å². The number of rotatable bonds is 3. The summed E-state index contributed by atoms with van der Waals surface area (Å²) in [6.07, 6.45) is 4.88. The van der Waals surface area contributed by atoms with E-state index in [4.69, 9.17) is 9.72 Å². The molecule has 5 heterocycles. The molecule has 0 aromatic carbocycles. The average molecular weight is 429 g/mol. The summed E-state index contributed by atoms with van der Waals surface area (Å²) in [6, 6.07) is 4.52. The van der Waals surface area contributed by atoms with Crippen molar-refractivity contribution in [2.75, 3.05) is 26.3 Å². The van der Waals surface area contributed by atoms with E-state index in [-0.39, 0.29) is 17.5 Å². The highest BCUT2D eigenvalue weighted by Crippen LogP contribution is 2.34. The van der Waals surface area contributed by atoms with Crippen molar-refractivity contribution in [1.82, 2.24) is 19.8 Å². The van der Waals surface area contributed by atoms with Gasteiger partial charge in [-0.15, -0.1) is 11.3 Å².